The molecule has 1 atom stereocenters. The predicted molar refractivity (Wildman–Crippen MR) is 96.9 cm³/mol. The molecule has 28 heavy (non-hydrogen) atoms. The maximum Gasteiger partial charge on any atom is 0.319 e. The Balaban J connectivity index is 1.92. The van der Waals surface area contributed by atoms with Crippen molar-refractivity contribution in [3.05, 3.63) is 24.2 Å². The van der Waals surface area contributed by atoms with Gasteiger partial charge >= 0.3 is 12.3 Å². The maximum atomic E-state index is 13.2. The van der Waals surface area contributed by atoms with E-state index < -0.39 is 30.8 Å². The van der Waals surface area contributed by atoms with Crippen LogP contribution in [0.1, 0.15) is 17.0 Å². The summed E-state index contributed by atoms with van der Waals surface area (Å²) < 4.78 is 56.1. The van der Waals surface area contributed by atoms with Gasteiger partial charge in [0.25, 0.3) is 5.91 Å². The minimum Gasteiger partial charge on any atom is -0.459 e. The molecule has 0 aliphatic carbocycles. The molecule has 1 saturated heterocycles. The molecular formula is C17H23F4N3O3S. The number of halogens is 4. The number of piperazine rings is 1. The van der Waals surface area contributed by atoms with Gasteiger partial charge in [-0.1, -0.05) is 0 Å². The van der Waals surface area contributed by atoms with Gasteiger partial charge < -0.3 is 14.6 Å². The molecule has 0 aromatic carbocycles. The van der Waals surface area contributed by atoms with Gasteiger partial charge in [-0.3, -0.25) is 14.5 Å². The van der Waals surface area contributed by atoms with Crippen molar-refractivity contribution >= 4 is 23.6 Å². The first-order chi connectivity index (χ1) is 13.2. The molecule has 6 nitrogen and oxygen atoms in total. The minimum absolute atomic E-state index is 0.0649. The molecule has 0 saturated carbocycles. The normalized spacial score (nSPS) is 17.0. The van der Waals surface area contributed by atoms with Crippen molar-refractivity contribution in [2.24, 2.45) is 0 Å². The first-order valence-corrected chi connectivity index (χ1v) is 10.1. The maximum absolute atomic E-state index is 13.2. The third kappa shape index (κ3) is 6.13. The van der Waals surface area contributed by atoms with E-state index >= 15 is 0 Å². The average Bonchev–Trinajstić information content (AvgIpc) is 3.19. The number of carbonyl (C=O) groups excluding carboxylic acids is 2. The van der Waals surface area contributed by atoms with Gasteiger partial charge in [-0.2, -0.15) is 20.5 Å². The number of hydrogen-bond donors (Lipinski definition) is 1. The Bertz CT molecular complexity index is 638. The summed E-state index contributed by atoms with van der Waals surface area (Å²) in [5.74, 6) is -4.20. The van der Waals surface area contributed by atoms with Crippen LogP contribution in [0.4, 0.5) is 17.6 Å². The molecule has 1 aliphatic heterocycles. The summed E-state index contributed by atoms with van der Waals surface area (Å²) in [5.41, 5.74) is 0. The summed E-state index contributed by atoms with van der Waals surface area (Å²) in [6.07, 6.45) is -0.101. The van der Waals surface area contributed by atoms with Crippen molar-refractivity contribution < 1.29 is 31.6 Å². The summed E-state index contributed by atoms with van der Waals surface area (Å²) in [6.45, 7) is -0.655. The zero-order valence-corrected chi connectivity index (χ0v) is 16.2. The van der Waals surface area contributed by atoms with Gasteiger partial charge in [0.15, 0.2) is 5.76 Å². The summed E-state index contributed by atoms with van der Waals surface area (Å²) in [5, 5.41) is 2.65. The number of carbonyl (C=O) groups is 2. The van der Waals surface area contributed by atoms with Crippen molar-refractivity contribution in [3.63, 3.8) is 0 Å². The summed E-state index contributed by atoms with van der Waals surface area (Å²) in [6, 6.07) is 2.26. The molecule has 2 amide bonds. The van der Waals surface area contributed by atoms with Gasteiger partial charge in [-0.25, -0.2) is 8.78 Å². The largest absolute Gasteiger partial charge is 0.459 e. The van der Waals surface area contributed by atoms with Crippen LogP contribution in [0.3, 0.4) is 0 Å². The highest BCUT2D eigenvalue weighted by atomic mass is 32.2. The monoisotopic (exact) mass is 425 g/mol. The second kappa shape index (κ2) is 10.1. The molecule has 0 spiro atoms. The predicted octanol–water partition coefficient (Wildman–Crippen LogP) is 2.18. The fourth-order valence-corrected chi connectivity index (χ4v) is 3.32. The third-order valence-electron chi connectivity index (χ3n) is 4.40. The molecule has 1 aliphatic rings. The zero-order valence-electron chi connectivity index (χ0n) is 15.4. The Morgan fingerprint density at radius 1 is 1.29 bits per heavy atom. The SMILES string of the molecule is CSCCC(NC(=O)c1ccco1)C(=O)N1CCN(CC(F)(F)C(F)F)CC1. The van der Waals surface area contributed by atoms with Crippen molar-refractivity contribution in [3.8, 4) is 0 Å². The second-order valence-corrected chi connectivity index (χ2v) is 7.43. The number of nitrogens with one attached hydrogen (secondary N) is 1. The Morgan fingerprint density at radius 2 is 1.96 bits per heavy atom. The smallest absolute Gasteiger partial charge is 0.319 e. The van der Waals surface area contributed by atoms with E-state index in [1.54, 1.807) is 6.07 Å². The highest BCUT2D eigenvalue weighted by molar-refractivity contribution is 7.98. The number of rotatable bonds is 9. The van der Waals surface area contributed by atoms with Crippen LogP contribution in [0.2, 0.25) is 0 Å². The van der Waals surface area contributed by atoms with E-state index in [1.165, 1.54) is 33.9 Å². The molecule has 11 heteroatoms. The van der Waals surface area contributed by atoms with Crippen LogP contribution in [-0.4, -0.2) is 84.7 Å². The Morgan fingerprint density at radius 3 is 2.50 bits per heavy atom. The number of amides is 2. The number of alkyl halides is 4. The second-order valence-electron chi connectivity index (χ2n) is 6.45. The minimum atomic E-state index is -4.08. The van der Waals surface area contributed by atoms with Crippen LogP contribution in [0.15, 0.2) is 22.8 Å². The van der Waals surface area contributed by atoms with Crippen molar-refractivity contribution in [2.45, 2.75) is 24.8 Å². The van der Waals surface area contributed by atoms with Gasteiger partial charge in [0.2, 0.25) is 5.91 Å². The Kier molecular flexibility index (Phi) is 8.17. The zero-order chi connectivity index (χ0) is 20.7. The fourth-order valence-electron chi connectivity index (χ4n) is 2.84. The van der Waals surface area contributed by atoms with E-state index in [4.69, 9.17) is 4.42 Å². The number of hydrogen-bond acceptors (Lipinski definition) is 5. The van der Waals surface area contributed by atoms with E-state index in [-0.39, 0.29) is 37.8 Å². The average molecular weight is 425 g/mol. The van der Waals surface area contributed by atoms with Gasteiger partial charge in [-0.05, 0) is 30.6 Å². The Hall–Kier alpha value is -1.75. The lowest BCUT2D eigenvalue weighted by Crippen LogP contribution is -2.56. The van der Waals surface area contributed by atoms with Crippen LogP contribution in [0.25, 0.3) is 0 Å². The van der Waals surface area contributed by atoms with E-state index in [1.807, 2.05) is 6.26 Å². The van der Waals surface area contributed by atoms with Crippen molar-refractivity contribution in [1.82, 2.24) is 15.1 Å². The topological polar surface area (TPSA) is 65.8 Å². The molecule has 1 aromatic heterocycles. The van der Waals surface area contributed by atoms with E-state index in [0.717, 1.165) is 0 Å². The molecule has 1 unspecified atom stereocenters. The lowest BCUT2D eigenvalue weighted by atomic mass is 10.1. The van der Waals surface area contributed by atoms with Crippen LogP contribution in [0, 0.1) is 0 Å². The quantitative estimate of drug-likeness (QED) is 0.615. The third-order valence-corrected chi connectivity index (χ3v) is 5.04. The molecular weight excluding hydrogens is 402 g/mol. The highest BCUT2D eigenvalue weighted by Crippen LogP contribution is 2.24. The number of furan rings is 1. The first-order valence-electron chi connectivity index (χ1n) is 8.75. The van der Waals surface area contributed by atoms with Crippen LogP contribution >= 0.6 is 11.8 Å². The van der Waals surface area contributed by atoms with Crippen molar-refractivity contribution in [2.75, 3.05) is 44.7 Å². The first kappa shape index (κ1) is 22.5. The lowest BCUT2D eigenvalue weighted by molar-refractivity contribution is -0.148. The Labute approximate surface area is 164 Å². The van der Waals surface area contributed by atoms with E-state index in [9.17, 15) is 27.2 Å². The highest BCUT2D eigenvalue weighted by Gasteiger charge is 2.43. The molecule has 158 valence electrons. The van der Waals surface area contributed by atoms with Gasteiger partial charge in [0.1, 0.15) is 6.04 Å². The molecule has 0 bridgehead atoms. The summed E-state index contributed by atoms with van der Waals surface area (Å²) in [7, 11) is 0. The molecule has 1 fully saturated rings. The number of thioether (sulfide) groups is 1. The van der Waals surface area contributed by atoms with E-state index in [0.29, 0.717) is 12.2 Å². The fraction of sp³-hybridized carbons (Fsp3) is 0.647. The van der Waals surface area contributed by atoms with Crippen LogP contribution in [0.5, 0.6) is 0 Å². The molecule has 2 heterocycles. The van der Waals surface area contributed by atoms with Gasteiger partial charge in [0, 0.05) is 26.2 Å². The van der Waals surface area contributed by atoms with Gasteiger partial charge in [-0.15, -0.1) is 0 Å². The van der Waals surface area contributed by atoms with Crippen molar-refractivity contribution in [1.29, 1.82) is 0 Å². The molecule has 1 N–H and O–H groups in total. The molecule has 0 radical (unpaired) electrons. The molecule has 1 aromatic rings. The van der Waals surface area contributed by atoms with E-state index in [2.05, 4.69) is 5.32 Å². The standard InChI is InChI=1S/C17H23F4N3O3S/c1-28-10-4-12(22-14(25)13-3-2-9-27-13)15(26)24-7-5-23(6-8-24)11-17(20,21)16(18)19/h2-3,9,12,16H,4-8,10-11H2,1H3,(H,22,25). The lowest BCUT2D eigenvalue weighted by Gasteiger charge is -2.37. The van der Waals surface area contributed by atoms with Crippen LogP contribution < -0.4 is 5.32 Å². The van der Waals surface area contributed by atoms with Gasteiger partial charge in [0.05, 0.1) is 12.8 Å². The summed E-state index contributed by atoms with van der Waals surface area (Å²) in [4.78, 5) is 27.7. The number of nitrogens with zero attached hydrogens (tertiary/aromatic N) is 2. The molecule has 2 rings (SSSR count). The summed E-state index contributed by atoms with van der Waals surface area (Å²) >= 11 is 1.52. The van der Waals surface area contributed by atoms with Crippen LogP contribution in [-0.2, 0) is 4.79 Å².